The minimum Gasteiger partial charge on any atom is -0.491 e. The first-order valence-corrected chi connectivity index (χ1v) is 9.54. The normalized spacial score (nSPS) is 15.4. The molecule has 0 spiro atoms. The van der Waals surface area contributed by atoms with Crippen molar-refractivity contribution in [3.63, 3.8) is 0 Å². The summed E-state index contributed by atoms with van der Waals surface area (Å²) in [6, 6.07) is 7.48. The van der Waals surface area contributed by atoms with Crippen LogP contribution in [0.15, 0.2) is 24.3 Å². The molecule has 0 radical (unpaired) electrons. The van der Waals surface area contributed by atoms with E-state index in [2.05, 4.69) is 14.5 Å². The zero-order valence-corrected chi connectivity index (χ0v) is 15.7. The van der Waals surface area contributed by atoms with Crippen molar-refractivity contribution >= 4 is 29.0 Å². The molecule has 0 N–H and O–H groups in total. The Hall–Kier alpha value is -1.70. The third kappa shape index (κ3) is 4.48. The van der Waals surface area contributed by atoms with Crippen LogP contribution in [-0.4, -0.2) is 64.6 Å². The van der Waals surface area contributed by atoms with Crippen molar-refractivity contribution in [3.05, 3.63) is 39.9 Å². The Balaban J connectivity index is 1.44. The van der Waals surface area contributed by atoms with E-state index in [4.69, 9.17) is 16.3 Å². The van der Waals surface area contributed by atoms with Gasteiger partial charge in [0.05, 0.1) is 10.7 Å². The average Bonchev–Trinajstić information content (AvgIpc) is 3.12. The molecule has 0 unspecified atom stereocenters. The van der Waals surface area contributed by atoms with Gasteiger partial charge in [-0.1, -0.05) is 35.1 Å². The number of nitrogens with zero attached hydrogens (tertiary/aromatic N) is 4. The van der Waals surface area contributed by atoms with Crippen molar-refractivity contribution in [3.8, 4) is 5.75 Å². The summed E-state index contributed by atoms with van der Waals surface area (Å²) in [5.74, 6) is 0.765. The molecule has 1 aliphatic rings. The number of halogens is 1. The Morgan fingerprint density at radius 2 is 2.04 bits per heavy atom. The molecule has 3 rings (SSSR count). The van der Waals surface area contributed by atoms with E-state index < -0.39 is 0 Å². The first-order chi connectivity index (χ1) is 12.2. The molecule has 25 heavy (non-hydrogen) atoms. The zero-order chi connectivity index (χ0) is 17.6. The maximum atomic E-state index is 12.6. The van der Waals surface area contributed by atoms with E-state index in [1.54, 1.807) is 0 Å². The van der Waals surface area contributed by atoms with Gasteiger partial charge in [-0.2, -0.15) is 0 Å². The number of aryl methyl sites for hydroxylation is 1. The molecule has 0 atom stereocenters. The van der Waals surface area contributed by atoms with Gasteiger partial charge in [-0.15, -0.1) is 5.10 Å². The fraction of sp³-hybridized carbons (Fsp3) is 0.471. The molecule has 0 bridgehead atoms. The predicted molar refractivity (Wildman–Crippen MR) is 98.6 cm³/mol. The molecule has 2 aromatic rings. The standard InChI is InChI=1S/C17H21ClN4O2S/c1-2-14-16(25-20-19-14)17(23)22-9-7-21(8-10-22)11-12-24-15-6-4-3-5-13(15)18/h3-6H,2,7-12H2,1H3. The second-order valence-corrected chi connectivity index (χ2v) is 6.98. The Kier molecular flexibility index (Phi) is 6.23. The molecule has 0 aliphatic carbocycles. The summed E-state index contributed by atoms with van der Waals surface area (Å²) >= 11 is 7.27. The quantitative estimate of drug-likeness (QED) is 0.770. The molecule has 1 amide bonds. The topological polar surface area (TPSA) is 58.6 Å². The number of hydrogen-bond donors (Lipinski definition) is 0. The second kappa shape index (κ2) is 8.60. The average molecular weight is 381 g/mol. The molecule has 0 saturated carbocycles. The number of aromatic nitrogens is 2. The van der Waals surface area contributed by atoms with Crippen LogP contribution in [0.3, 0.4) is 0 Å². The van der Waals surface area contributed by atoms with Gasteiger partial charge in [0.1, 0.15) is 17.2 Å². The van der Waals surface area contributed by atoms with E-state index in [-0.39, 0.29) is 5.91 Å². The summed E-state index contributed by atoms with van der Waals surface area (Å²) in [5, 5.41) is 4.65. The highest BCUT2D eigenvalue weighted by molar-refractivity contribution is 7.08. The van der Waals surface area contributed by atoms with Crippen LogP contribution in [0.4, 0.5) is 0 Å². The van der Waals surface area contributed by atoms with Gasteiger partial charge in [0.25, 0.3) is 5.91 Å². The number of amides is 1. The second-order valence-electron chi connectivity index (χ2n) is 5.82. The first-order valence-electron chi connectivity index (χ1n) is 8.39. The fourth-order valence-electron chi connectivity index (χ4n) is 2.77. The van der Waals surface area contributed by atoms with Crippen LogP contribution in [0, 0.1) is 0 Å². The summed E-state index contributed by atoms with van der Waals surface area (Å²) in [6.45, 7) is 6.49. The molecular formula is C17H21ClN4O2S. The van der Waals surface area contributed by atoms with Crippen molar-refractivity contribution in [2.75, 3.05) is 39.3 Å². The van der Waals surface area contributed by atoms with E-state index in [0.717, 1.165) is 31.7 Å². The highest BCUT2D eigenvalue weighted by Gasteiger charge is 2.25. The van der Waals surface area contributed by atoms with E-state index >= 15 is 0 Å². The monoisotopic (exact) mass is 380 g/mol. The Labute approximate surface area is 156 Å². The lowest BCUT2D eigenvalue weighted by Crippen LogP contribution is -2.49. The number of para-hydroxylation sites is 1. The maximum Gasteiger partial charge on any atom is 0.267 e. The number of piperazine rings is 1. The summed E-state index contributed by atoms with van der Waals surface area (Å²) in [7, 11) is 0. The third-order valence-corrected chi connectivity index (χ3v) is 5.31. The number of hydrogen-bond acceptors (Lipinski definition) is 6. The highest BCUT2D eigenvalue weighted by Crippen LogP contribution is 2.23. The number of rotatable bonds is 6. The Morgan fingerprint density at radius 3 is 2.76 bits per heavy atom. The van der Waals surface area contributed by atoms with Gasteiger partial charge in [-0.05, 0) is 30.1 Å². The van der Waals surface area contributed by atoms with Crippen LogP contribution in [0.2, 0.25) is 5.02 Å². The lowest BCUT2D eigenvalue weighted by Gasteiger charge is -2.34. The van der Waals surface area contributed by atoms with Crippen LogP contribution in [0.25, 0.3) is 0 Å². The SMILES string of the molecule is CCc1nnsc1C(=O)N1CCN(CCOc2ccccc2Cl)CC1. The van der Waals surface area contributed by atoms with Crippen molar-refractivity contribution in [1.29, 1.82) is 0 Å². The summed E-state index contributed by atoms with van der Waals surface area (Å²) < 4.78 is 9.64. The summed E-state index contributed by atoms with van der Waals surface area (Å²) in [6.07, 6.45) is 0.733. The summed E-state index contributed by atoms with van der Waals surface area (Å²) in [4.78, 5) is 17.4. The maximum absolute atomic E-state index is 12.6. The van der Waals surface area contributed by atoms with Crippen molar-refractivity contribution in [1.82, 2.24) is 19.4 Å². The molecule has 1 aliphatic heterocycles. The van der Waals surface area contributed by atoms with E-state index in [0.29, 0.717) is 35.3 Å². The molecule has 134 valence electrons. The van der Waals surface area contributed by atoms with E-state index in [1.165, 1.54) is 11.5 Å². The molecule has 8 heteroatoms. The third-order valence-electron chi connectivity index (χ3n) is 4.25. The smallest absolute Gasteiger partial charge is 0.267 e. The molecule has 2 heterocycles. The van der Waals surface area contributed by atoms with Crippen LogP contribution in [0.1, 0.15) is 22.3 Å². The van der Waals surface area contributed by atoms with Gasteiger partial charge in [-0.25, -0.2) is 0 Å². The molecule has 1 fully saturated rings. The molecule has 1 saturated heterocycles. The molecule has 6 nitrogen and oxygen atoms in total. The zero-order valence-electron chi connectivity index (χ0n) is 14.2. The lowest BCUT2D eigenvalue weighted by atomic mass is 10.2. The van der Waals surface area contributed by atoms with E-state index in [9.17, 15) is 4.79 Å². The highest BCUT2D eigenvalue weighted by atomic mass is 35.5. The van der Waals surface area contributed by atoms with Crippen LogP contribution >= 0.6 is 23.1 Å². The van der Waals surface area contributed by atoms with Gasteiger partial charge >= 0.3 is 0 Å². The molecular weight excluding hydrogens is 360 g/mol. The lowest BCUT2D eigenvalue weighted by molar-refractivity contribution is 0.0624. The largest absolute Gasteiger partial charge is 0.491 e. The van der Waals surface area contributed by atoms with Gasteiger partial charge < -0.3 is 9.64 Å². The number of ether oxygens (including phenoxy) is 1. The predicted octanol–water partition coefficient (Wildman–Crippen LogP) is 2.59. The minimum absolute atomic E-state index is 0.0545. The van der Waals surface area contributed by atoms with Crippen molar-refractivity contribution < 1.29 is 9.53 Å². The van der Waals surface area contributed by atoms with Gasteiger partial charge in [0, 0.05) is 32.7 Å². The Bertz CT molecular complexity index is 716. The van der Waals surface area contributed by atoms with Crippen LogP contribution < -0.4 is 4.74 Å². The Morgan fingerprint density at radius 1 is 1.28 bits per heavy atom. The fourth-order valence-corrected chi connectivity index (χ4v) is 3.68. The first kappa shape index (κ1) is 18.1. The van der Waals surface area contributed by atoms with Gasteiger partial charge in [0.2, 0.25) is 0 Å². The number of carbonyl (C=O) groups is 1. The van der Waals surface area contributed by atoms with Gasteiger partial charge in [-0.3, -0.25) is 9.69 Å². The van der Waals surface area contributed by atoms with Crippen molar-refractivity contribution in [2.45, 2.75) is 13.3 Å². The van der Waals surface area contributed by atoms with E-state index in [1.807, 2.05) is 36.1 Å². The number of carbonyl (C=O) groups excluding carboxylic acids is 1. The molecule has 1 aromatic carbocycles. The van der Waals surface area contributed by atoms with Gasteiger partial charge in [0.15, 0.2) is 0 Å². The summed E-state index contributed by atoms with van der Waals surface area (Å²) in [5.41, 5.74) is 0.797. The minimum atomic E-state index is 0.0545. The number of benzene rings is 1. The van der Waals surface area contributed by atoms with Crippen LogP contribution in [-0.2, 0) is 6.42 Å². The van der Waals surface area contributed by atoms with Crippen LogP contribution in [0.5, 0.6) is 5.75 Å². The molecule has 1 aromatic heterocycles. The van der Waals surface area contributed by atoms with Crippen molar-refractivity contribution in [2.24, 2.45) is 0 Å².